The van der Waals surface area contributed by atoms with E-state index in [1.807, 2.05) is 18.2 Å². The van der Waals surface area contributed by atoms with Crippen molar-refractivity contribution in [3.05, 3.63) is 53.6 Å². The van der Waals surface area contributed by atoms with E-state index in [1.165, 1.54) is 0 Å². The van der Waals surface area contributed by atoms with E-state index >= 15 is 0 Å². The lowest BCUT2D eigenvalue weighted by molar-refractivity contribution is -0.124. The molecule has 0 aromatic heterocycles. The molecule has 2 aromatic carbocycles. The van der Waals surface area contributed by atoms with Gasteiger partial charge in [-0.25, -0.2) is 0 Å². The number of amides is 2. The molecule has 2 heterocycles. The normalized spacial score (nSPS) is 17.6. The smallest absolute Gasteiger partial charge is 0.253 e. The molecule has 0 saturated carbocycles. The number of carbonyl (C=O) groups is 2. The highest BCUT2D eigenvalue weighted by molar-refractivity contribution is 6.04. The first-order valence-electron chi connectivity index (χ1n) is 8.89. The summed E-state index contributed by atoms with van der Waals surface area (Å²) in [5.41, 5.74) is 1.78. The van der Waals surface area contributed by atoms with Gasteiger partial charge in [0.1, 0.15) is 6.10 Å². The summed E-state index contributed by atoms with van der Waals surface area (Å²) in [6.07, 6.45) is 1.12. The van der Waals surface area contributed by atoms with E-state index in [-0.39, 0.29) is 18.6 Å². The first-order valence-corrected chi connectivity index (χ1v) is 8.89. The minimum absolute atomic E-state index is 0.211. The van der Waals surface area contributed by atoms with Crippen LogP contribution in [0.1, 0.15) is 28.8 Å². The molecule has 2 N–H and O–H groups in total. The fourth-order valence-electron chi connectivity index (χ4n) is 3.12. The predicted molar refractivity (Wildman–Crippen MR) is 97.8 cm³/mol. The molecule has 1 fully saturated rings. The quantitative estimate of drug-likeness (QED) is 0.847. The maximum Gasteiger partial charge on any atom is 0.253 e. The van der Waals surface area contributed by atoms with Crippen molar-refractivity contribution < 1.29 is 23.8 Å². The van der Waals surface area contributed by atoms with Crippen LogP contribution in [0.2, 0.25) is 0 Å². The second-order valence-electron chi connectivity index (χ2n) is 6.41. The molecule has 0 aliphatic carbocycles. The number of carbonyl (C=O) groups excluding carboxylic acids is 2. The van der Waals surface area contributed by atoms with Crippen molar-refractivity contribution in [2.45, 2.75) is 25.5 Å². The van der Waals surface area contributed by atoms with Crippen molar-refractivity contribution in [3.63, 3.8) is 0 Å². The topological polar surface area (TPSA) is 85.9 Å². The largest absolute Gasteiger partial charge is 0.454 e. The van der Waals surface area contributed by atoms with E-state index in [4.69, 9.17) is 14.2 Å². The van der Waals surface area contributed by atoms with Crippen LogP contribution in [0.3, 0.4) is 0 Å². The molecule has 1 saturated heterocycles. The summed E-state index contributed by atoms with van der Waals surface area (Å²) in [5.74, 6) is 0.887. The summed E-state index contributed by atoms with van der Waals surface area (Å²) in [7, 11) is 0. The van der Waals surface area contributed by atoms with Crippen LogP contribution in [0.15, 0.2) is 42.5 Å². The molecule has 0 unspecified atom stereocenters. The molecule has 2 amide bonds. The molecule has 7 nitrogen and oxygen atoms in total. The van der Waals surface area contributed by atoms with Gasteiger partial charge in [-0.15, -0.1) is 0 Å². The molecule has 140 valence electrons. The zero-order valence-corrected chi connectivity index (χ0v) is 14.7. The van der Waals surface area contributed by atoms with E-state index in [0.29, 0.717) is 42.3 Å². The maximum atomic E-state index is 12.6. The Labute approximate surface area is 156 Å². The Bertz CT molecular complexity index is 861. The molecule has 0 radical (unpaired) electrons. The summed E-state index contributed by atoms with van der Waals surface area (Å²) < 4.78 is 16.0. The number of hydrogen-bond acceptors (Lipinski definition) is 5. The lowest BCUT2D eigenvalue weighted by Crippen LogP contribution is -2.29. The average Bonchev–Trinajstić information content (AvgIpc) is 3.38. The van der Waals surface area contributed by atoms with Crippen molar-refractivity contribution in [1.82, 2.24) is 5.32 Å². The number of anilines is 1. The molecule has 2 aromatic rings. The third kappa shape index (κ3) is 3.88. The van der Waals surface area contributed by atoms with Crippen LogP contribution in [-0.2, 0) is 16.1 Å². The van der Waals surface area contributed by atoms with Gasteiger partial charge in [0.05, 0.1) is 11.3 Å². The second-order valence-corrected chi connectivity index (χ2v) is 6.41. The van der Waals surface area contributed by atoms with Crippen molar-refractivity contribution in [1.29, 1.82) is 0 Å². The Hall–Kier alpha value is -3.06. The van der Waals surface area contributed by atoms with Crippen molar-refractivity contribution in [3.8, 4) is 11.5 Å². The van der Waals surface area contributed by atoms with Crippen LogP contribution in [0.4, 0.5) is 5.69 Å². The van der Waals surface area contributed by atoms with Crippen molar-refractivity contribution >= 4 is 17.5 Å². The summed E-state index contributed by atoms with van der Waals surface area (Å²) in [5, 5.41) is 5.68. The van der Waals surface area contributed by atoms with Gasteiger partial charge in [-0.2, -0.15) is 0 Å². The SMILES string of the molecule is O=C(NCc1ccc2c(c1)OCO2)c1ccccc1NC(=O)[C@H]1CCCO1. The first kappa shape index (κ1) is 17.4. The fourth-order valence-corrected chi connectivity index (χ4v) is 3.12. The monoisotopic (exact) mass is 368 g/mol. The van der Waals surface area contributed by atoms with Gasteiger partial charge in [-0.1, -0.05) is 18.2 Å². The lowest BCUT2D eigenvalue weighted by atomic mass is 10.1. The highest BCUT2D eigenvalue weighted by Crippen LogP contribution is 2.32. The second kappa shape index (κ2) is 7.67. The number of fused-ring (bicyclic) bond motifs is 1. The average molecular weight is 368 g/mol. The molecule has 2 aliphatic heterocycles. The number of nitrogens with one attached hydrogen (secondary N) is 2. The Morgan fingerprint density at radius 1 is 1.07 bits per heavy atom. The summed E-state index contributed by atoms with van der Waals surface area (Å²) in [6, 6.07) is 12.5. The maximum absolute atomic E-state index is 12.6. The van der Waals surface area contributed by atoms with Crippen LogP contribution in [0.5, 0.6) is 11.5 Å². The standard InChI is InChI=1S/C20H20N2O5/c23-19(21-11-13-7-8-16-18(10-13)27-12-26-16)14-4-1-2-5-15(14)22-20(24)17-6-3-9-25-17/h1-2,4-5,7-8,10,17H,3,6,9,11-12H2,(H,21,23)(H,22,24)/t17-/m1/s1. The van der Waals surface area contributed by atoms with E-state index < -0.39 is 6.10 Å². The molecule has 7 heteroatoms. The van der Waals surface area contributed by atoms with E-state index in [1.54, 1.807) is 24.3 Å². The van der Waals surface area contributed by atoms with Crippen LogP contribution in [0, 0.1) is 0 Å². The number of para-hydroxylation sites is 1. The van der Waals surface area contributed by atoms with Gasteiger partial charge in [0.2, 0.25) is 6.79 Å². The molecular formula is C20H20N2O5. The van der Waals surface area contributed by atoms with Gasteiger partial charge >= 0.3 is 0 Å². The predicted octanol–water partition coefficient (Wildman–Crippen LogP) is 2.46. The van der Waals surface area contributed by atoms with Gasteiger partial charge in [0, 0.05) is 13.2 Å². The Morgan fingerprint density at radius 3 is 2.78 bits per heavy atom. The van der Waals surface area contributed by atoms with E-state index in [0.717, 1.165) is 12.0 Å². The minimum Gasteiger partial charge on any atom is -0.454 e. The zero-order valence-electron chi connectivity index (χ0n) is 14.7. The molecule has 4 rings (SSSR count). The summed E-state index contributed by atoms with van der Waals surface area (Å²) in [6.45, 7) is 1.14. The first-order chi connectivity index (χ1) is 13.2. The highest BCUT2D eigenvalue weighted by Gasteiger charge is 2.24. The molecular weight excluding hydrogens is 348 g/mol. The molecule has 0 spiro atoms. The third-order valence-corrected chi connectivity index (χ3v) is 4.54. The number of rotatable bonds is 5. The lowest BCUT2D eigenvalue weighted by Gasteiger charge is -2.14. The molecule has 1 atom stereocenters. The Balaban J connectivity index is 1.41. The fraction of sp³-hybridized carbons (Fsp3) is 0.300. The van der Waals surface area contributed by atoms with E-state index in [2.05, 4.69) is 10.6 Å². The van der Waals surface area contributed by atoms with Crippen LogP contribution >= 0.6 is 0 Å². The molecule has 27 heavy (non-hydrogen) atoms. The van der Waals surface area contributed by atoms with Gasteiger partial charge in [0.25, 0.3) is 11.8 Å². The van der Waals surface area contributed by atoms with Crippen molar-refractivity contribution in [2.24, 2.45) is 0 Å². The van der Waals surface area contributed by atoms with E-state index in [9.17, 15) is 9.59 Å². The van der Waals surface area contributed by atoms with Gasteiger partial charge in [-0.05, 0) is 42.7 Å². The number of ether oxygens (including phenoxy) is 3. The third-order valence-electron chi connectivity index (χ3n) is 4.54. The van der Waals surface area contributed by atoms with Crippen molar-refractivity contribution in [2.75, 3.05) is 18.7 Å². The van der Waals surface area contributed by atoms with Crippen LogP contribution in [-0.4, -0.2) is 31.3 Å². The number of hydrogen-bond donors (Lipinski definition) is 2. The van der Waals surface area contributed by atoms with Gasteiger partial charge in [0.15, 0.2) is 11.5 Å². The molecule has 0 bridgehead atoms. The Morgan fingerprint density at radius 2 is 1.93 bits per heavy atom. The van der Waals surface area contributed by atoms with Crippen LogP contribution < -0.4 is 20.1 Å². The van der Waals surface area contributed by atoms with Crippen LogP contribution in [0.25, 0.3) is 0 Å². The van der Waals surface area contributed by atoms with Gasteiger partial charge in [-0.3, -0.25) is 9.59 Å². The minimum atomic E-state index is -0.449. The Kier molecular flexibility index (Phi) is 4.93. The van der Waals surface area contributed by atoms with Gasteiger partial charge < -0.3 is 24.8 Å². The molecule has 2 aliphatic rings. The summed E-state index contributed by atoms with van der Waals surface area (Å²) in [4.78, 5) is 24.9. The highest BCUT2D eigenvalue weighted by atomic mass is 16.7. The number of benzene rings is 2. The zero-order chi connectivity index (χ0) is 18.6. The summed E-state index contributed by atoms with van der Waals surface area (Å²) >= 11 is 0.